The first-order valence-electron chi connectivity index (χ1n) is 8.70. The zero-order chi connectivity index (χ0) is 22.9. The van der Waals surface area contributed by atoms with Gasteiger partial charge in [0.2, 0.25) is 5.72 Å². The SMILES string of the molecule is Cc1ccc(OCc2ccc(C(=O)N3N=C(C(F)F)CC3(O)C(F)F)o2)c([N+](=O)[O-])c1. The molecule has 0 bridgehead atoms. The maximum atomic E-state index is 13.3. The number of halogens is 4. The van der Waals surface area contributed by atoms with Crippen molar-refractivity contribution in [2.24, 2.45) is 5.10 Å². The van der Waals surface area contributed by atoms with Gasteiger partial charge in [0.1, 0.15) is 18.1 Å². The minimum Gasteiger partial charge on any atom is -0.479 e. The van der Waals surface area contributed by atoms with E-state index in [1.54, 1.807) is 13.0 Å². The third-order valence-corrected chi connectivity index (χ3v) is 4.38. The number of nitrogens with zero attached hydrogens (tertiary/aromatic N) is 3. The largest absolute Gasteiger partial charge is 0.479 e. The molecule has 9 nitrogen and oxygen atoms in total. The van der Waals surface area contributed by atoms with Gasteiger partial charge in [-0.25, -0.2) is 17.6 Å². The highest BCUT2D eigenvalue weighted by molar-refractivity contribution is 5.97. The lowest BCUT2D eigenvalue weighted by molar-refractivity contribution is -0.386. The molecule has 13 heteroatoms. The van der Waals surface area contributed by atoms with Crippen molar-refractivity contribution in [3.63, 3.8) is 0 Å². The van der Waals surface area contributed by atoms with Gasteiger partial charge in [-0.05, 0) is 30.7 Å². The molecule has 3 rings (SSSR count). The van der Waals surface area contributed by atoms with Gasteiger partial charge in [-0.1, -0.05) is 6.07 Å². The summed E-state index contributed by atoms with van der Waals surface area (Å²) in [6, 6.07) is 6.52. The number of alkyl halides is 4. The normalized spacial score (nSPS) is 18.6. The maximum Gasteiger partial charge on any atom is 0.312 e. The summed E-state index contributed by atoms with van der Waals surface area (Å²) >= 11 is 0. The van der Waals surface area contributed by atoms with Crippen LogP contribution in [0.1, 0.15) is 28.3 Å². The van der Waals surface area contributed by atoms with Crippen LogP contribution in [-0.2, 0) is 6.61 Å². The number of carbonyl (C=O) groups is 1. The van der Waals surface area contributed by atoms with Gasteiger partial charge in [0.05, 0.1) is 4.92 Å². The van der Waals surface area contributed by atoms with E-state index in [4.69, 9.17) is 9.15 Å². The zero-order valence-corrected chi connectivity index (χ0v) is 15.8. The van der Waals surface area contributed by atoms with Gasteiger partial charge in [0, 0.05) is 12.5 Å². The average molecular weight is 445 g/mol. The number of rotatable bonds is 7. The first-order valence-corrected chi connectivity index (χ1v) is 8.70. The molecule has 1 aromatic carbocycles. The molecule has 1 N–H and O–H groups in total. The van der Waals surface area contributed by atoms with Crippen LogP contribution in [0.25, 0.3) is 0 Å². The Kier molecular flexibility index (Phi) is 5.97. The Morgan fingerprint density at radius 3 is 2.68 bits per heavy atom. The number of carbonyl (C=O) groups excluding carboxylic acids is 1. The molecule has 1 aliphatic rings. The summed E-state index contributed by atoms with van der Waals surface area (Å²) in [5.74, 6) is -2.03. The van der Waals surface area contributed by atoms with Crippen LogP contribution in [0.15, 0.2) is 39.9 Å². The molecular formula is C18H15F4N3O6. The van der Waals surface area contributed by atoms with Gasteiger partial charge >= 0.3 is 11.6 Å². The molecule has 0 saturated heterocycles. The van der Waals surface area contributed by atoms with Gasteiger partial charge in [0.15, 0.2) is 11.5 Å². The summed E-state index contributed by atoms with van der Waals surface area (Å²) in [6.45, 7) is 1.30. The van der Waals surface area contributed by atoms with Crippen LogP contribution in [0.5, 0.6) is 5.75 Å². The van der Waals surface area contributed by atoms with Crippen molar-refractivity contribution in [2.45, 2.75) is 38.5 Å². The Balaban J connectivity index is 1.78. The van der Waals surface area contributed by atoms with E-state index in [1.165, 1.54) is 18.2 Å². The van der Waals surface area contributed by atoms with Crippen molar-refractivity contribution in [3.8, 4) is 5.75 Å². The molecule has 0 radical (unpaired) electrons. The lowest BCUT2D eigenvalue weighted by Gasteiger charge is -2.29. The third-order valence-electron chi connectivity index (χ3n) is 4.38. The van der Waals surface area contributed by atoms with Gasteiger partial charge in [-0.15, -0.1) is 0 Å². The highest BCUT2D eigenvalue weighted by Crippen LogP contribution is 2.34. The fraction of sp³-hybridized carbons (Fsp3) is 0.333. The van der Waals surface area contributed by atoms with Gasteiger partial charge in [-0.2, -0.15) is 10.1 Å². The van der Waals surface area contributed by atoms with Crippen LogP contribution < -0.4 is 4.74 Å². The topological polar surface area (TPSA) is 118 Å². The molecule has 1 unspecified atom stereocenters. The Hall–Kier alpha value is -3.48. The van der Waals surface area contributed by atoms with Gasteiger partial charge < -0.3 is 14.3 Å². The molecule has 166 valence electrons. The smallest absolute Gasteiger partial charge is 0.312 e. The number of amides is 1. The number of furan rings is 1. The first kappa shape index (κ1) is 22.2. The molecule has 31 heavy (non-hydrogen) atoms. The standard InChI is InChI=1S/C18H15F4N3O6/c1-9-2-4-13(12(6-9)25(28)29)30-8-10-3-5-14(31-10)16(26)24-18(27,17(21)22)7-11(23-24)15(19)20/h2-6,15,17,27H,7-8H2,1H3. The number of nitro benzene ring substituents is 1. The minimum absolute atomic E-state index is 0.0175. The average Bonchev–Trinajstić information content (AvgIpc) is 3.32. The highest BCUT2D eigenvalue weighted by Gasteiger charge is 2.54. The number of hydrogen-bond acceptors (Lipinski definition) is 7. The van der Waals surface area contributed by atoms with Crippen LogP contribution >= 0.6 is 0 Å². The van der Waals surface area contributed by atoms with Crippen molar-refractivity contribution in [1.82, 2.24) is 5.01 Å². The second kappa shape index (κ2) is 8.34. The number of hydrazone groups is 1. The van der Waals surface area contributed by atoms with E-state index in [1.807, 2.05) is 0 Å². The fourth-order valence-corrected chi connectivity index (χ4v) is 2.82. The summed E-state index contributed by atoms with van der Waals surface area (Å²) < 4.78 is 62.7. The molecular weight excluding hydrogens is 430 g/mol. The number of hydrogen-bond donors (Lipinski definition) is 1. The van der Waals surface area contributed by atoms with E-state index < -0.39 is 47.3 Å². The lowest BCUT2D eigenvalue weighted by Crippen LogP contribution is -2.51. The Morgan fingerprint density at radius 2 is 2.06 bits per heavy atom. The van der Waals surface area contributed by atoms with E-state index in [9.17, 15) is 37.6 Å². The molecule has 1 aliphatic heterocycles. The number of nitro groups is 1. The molecule has 1 atom stereocenters. The molecule has 0 spiro atoms. The van der Waals surface area contributed by atoms with E-state index in [0.717, 1.165) is 6.07 Å². The number of benzene rings is 1. The van der Waals surface area contributed by atoms with Crippen molar-refractivity contribution in [2.75, 3.05) is 0 Å². The molecule has 2 heterocycles. The van der Waals surface area contributed by atoms with E-state index in [-0.39, 0.29) is 28.8 Å². The van der Waals surface area contributed by atoms with Crippen LogP contribution in [0.3, 0.4) is 0 Å². The van der Waals surface area contributed by atoms with Crippen molar-refractivity contribution < 1.29 is 41.5 Å². The Labute approximate surface area is 171 Å². The van der Waals surface area contributed by atoms with Crippen molar-refractivity contribution in [1.29, 1.82) is 0 Å². The number of aryl methyl sites for hydroxylation is 1. The molecule has 1 amide bonds. The second-order valence-corrected chi connectivity index (χ2v) is 6.65. The van der Waals surface area contributed by atoms with Gasteiger partial charge in [0.25, 0.3) is 12.9 Å². The highest BCUT2D eigenvalue weighted by atomic mass is 19.3. The molecule has 0 aliphatic carbocycles. The van der Waals surface area contributed by atoms with Crippen LogP contribution in [0.4, 0.5) is 23.2 Å². The second-order valence-electron chi connectivity index (χ2n) is 6.65. The molecule has 0 fully saturated rings. The predicted octanol–water partition coefficient (Wildman–Crippen LogP) is 3.50. The van der Waals surface area contributed by atoms with Crippen LogP contribution in [0, 0.1) is 17.0 Å². The Bertz CT molecular complexity index is 1040. The number of ether oxygens (including phenoxy) is 1. The lowest BCUT2D eigenvalue weighted by atomic mass is 10.1. The summed E-state index contributed by atoms with van der Waals surface area (Å²) in [6.07, 6.45) is -8.03. The molecule has 2 aromatic rings. The van der Waals surface area contributed by atoms with E-state index in [0.29, 0.717) is 5.56 Å². The molecule has 1 aromatic heterocycles. The minimum atomic E-state index is -3.57. The summed E-state index contributed by atoms with van der Waals surface area (Å²) in [5, 5.41) is 24.1. The van der Waals surface area contributed by atoms with Crippen molar-refractivity contribution in [3.05, 3.63) is 57.5 Å². The summed E-state index contributed by atoms with van der Waals surface area (Å²) in [4.78, 5) is 22.9. The molecule has 0 saturated carbocycles. The van der Waals surface area contributed by atoms with Crippen LogP contribution in [-0.4, -0.2) is 45.2 Å². The van der Waals surface area contributed by atoms with Gasteiger partial charge in [-0.3, -0.25) is 14.9 Å². The quantitative estimate of drug-likeness (QED) is 0.396. The van der Waals surface area contributed by atoms with E-state index in [2.05, 4.69) is 5.10 Å². The summed E-state index contributed by atoms with van der Waals surface area (Å²) in [7, 11) is 0. The zero-order valence-electron chi connectivity index (χ0n) is 15.8. The summed E-state index contributed by atoms with van der Waals surface area (Å²) in [5.41, 5.74) is -3.98. The monoisotopic (exact) mass is 445 g/mol. The third kappa shape index (κ3) is 4.35. The van der Waals surface area contributed by atoms with Crippen molar-refractivity contribution >= 4 is 17.3 Å². The maximum absolute atomic E-state index is 13.3. The fourth-order valence-electron chi connectivity index (χ4n) is 2.82. The van der Waals surface area contributed by atoms with E-state index >= 15 is 0 Å². The van der Waals surface area contributed by atoms with Crippen LogP contribution in [0.2, 0.25) is 0 Å². The predicted molar refractivity (Wildman–Crippen MR) is 96.1 cm³/mol. The Morgan fingerprint density at radius 1 is 1.35 bits per heavy atom. The first-order chi connectivity index (χ1) is 14.5. The number of aliphatic hydroxyl groups is 1.